The average Bonchev–Trinajstić information content (AvgIpc) is 2.64. The van der Waals surface area contributed by atoms with E-state index in [0.717, 1.165) is 34.9 Å². The van der Waals surface area contributed by atoms with Crippen molar-refractivity contribution in [3.8, 4) is 11.8 Å². The zero-order chi connectivity index (χ0) is 27.4. The molecule has 0 saturated carbocycles. The average molecular weight is 643 g/mol. The van der Waals surface area contributed by atoms with Gasteiger partial charge in [-0.1, -0.05) is 9.97 Å². The smallest absolute Gasteiger partial charge is 0.387 e. The van der Waals surface area contributed by atoms with Gasteiger partial charge < -0.3 is 53.0 Å². The molecule has 0 aliphatic rings. The van der Waals surface area contributed by atoms with Crippen molar-refractivity contribution < 1.29 is 53.0 Å². The first-order chi connectivity index (χ1) is 16.7. The lowest BCUT2D eigenvalue weighted by Crippen LogP contribution is -2.16. The van der Waals surface area contributed by atoms with Crippen molar-refractivity contribution in [3.63, 3.8) is 0 Å². The summed E-state index contributed by atoms with van der Waals surface area (Å²) in [7, 11) is 0. The van der Waals surface area contributed by atoms with E-state index in [-0.39, 0.29) is 42.4 Å². The molecule has 0 spiro atoms. The third kappa shape index (κ3) is 22.2. The number of H-pyrrole nitrogens is 6. The van der Waals surface area contributed by atoms with Gasteiger partial charge >= 0.3 is 11.9 Å². The highest BCUT2D eigenvalue weighted by Gasteiger charge is 1.99. The van der Waals surface area contributed by atoms with Crippen LogP contribution in [-0.4, -0.2) is 62.8 Å². The Morgan fingerprint density at radius 3 is 1.10 bits per heavy atom. The van der Waals surface area contributed by atoms with Crippen LogP contribution in [0.2, 0.25) is 0 Å². The minimum atomic E-state index is -0.469. The lowest BCUT2D eigenvalue weighted by atomic mass is 10.4. The largest absolute Gasteiger partial charge is 0.860 e. The number of nitrogen functional groups attached to an aromatic ring is 2. The number of nitrogens with two attached hydrogens (primary N) is 2. The van der Waals surface area contributed by atoms with Gasteiger partial charge in [-0.3, -0.25) is 31.0 Å². The monoisotopic (exact) mass is 642 g/mol. The number of nitrogens with one attached hydrogen (secondary N) is 6. The highest BCUT2D eigenvalue weighted by atomic mass is 32.1. The van der Waals surface area contributed by atoms with Crippen LogP contribution < -0.4 is 42.8 Å². The van der Waals surface area contributed by atoms with E-state index in [4.69, 9.17) is 11.5 Å². The van der Waals surface area contributed by atoms with E-state index < -0.39 is 22.9 Å². The molecule has 0 bridgehead atoms. The van der Waals surface area contributed by atoms with E-state index in [2.05, 4.69) is 64.3 Å². The minimum absolute atomic E-state index is 0. The molecule has 20 nitrogen and oxygen atoms in total. The zero-order valence-electron chi connectivity index (χ0n) is 22.8. The molecule has 22 heteroatoms. The van der Waals surface area contributed by atoms with E-state index in [1.807, 2.05) is 39.8 Å². The quantitative estimate of drug-likeness (QED) is 0.0986. The fourth-order valence-electron chi connectivity index (χ4n) is 2.50. The summed E-state index contributed by atoms with van der Waals surface area (Å²) >= 11 is 8.95. The van der Waals surface area contributed by atoms with Crippen LogP contribution in [0.15, 0.2) is 33.9 Å². The second kappa shape index (κ2) is 24.1. The molecule has 0 fully saturated rings. The molecule has 4 rings (SSSR count). The highest BCUT2D eigenvalue weighted by molar-refractivity contribution is 7.71. The van der Waals surface area contributed by atoms with Gasteiger partial charge in [0.1, 0.15) is 11.4 Å². The van der Waals surface area contributed by atoms with Crippen LogP contribution in [0.5, 0.6) is 11.8 Å². The maximum absolute atomic E-state index is 10.4. The molecule has 0 saturated heterocycles. The van der Waals surface area contributed by atoms with Crippen LogP contribution in [0.4, 0.5) is 11.9 Å². The fraction of sp³-hybridized carbons (Fsp3) is 0.200. The highest BCUT2D eigenvalue weighted by Crippen LogP contribution is 1.94. The third-order valence-corrected chi connectivity index (χ3v) is 3.97. The van der Waals surface area contributed by atoms with Crippen LogP contribution in [-0.2, 0) is 0 Å². The van der Waals surface area contributed by atoms with Crippen LogP contribution in [0.25, 0.3) is 0 Å². The van der Waals surface area contributed by atoms with Crippen LogP contribution in [0, 0.1) is 37.2 Å². The normalized spacial score (nSPS) is 8.10. The molecule has 0 aromatic carbocycles. The molecule has 0 aliphatic heterocycles. The summed E-state index contributed by atoms with van der Waals surface area (Å²) < 4.78 is 0.125. The molecule has 4 aromatic heterocycles. The number of aromatic amines is 6. The number of nitrogens with zero attached hydrogens (tertiary/aromatic N) is 2. The Kier molecular flexibility index (Phi) is 28.9. The Labute approximate surface area is 247 Å². The molecule has 0 unspecified atom stereocenters. The first kappa shape index (κ1) is 50.2. The van der Waals surface area contributed by atoms with Crippen LogP contribution in [0.1, 0.15) is 22.8 Å². The lowest BCUT2D eigenvalue weighted by Gasteiger charge is -2.00. The van der Waals surface area contributed by atoms with Gasteiger partial charge in [0.05, 0.1) is 11.4 Å². The van der Waals surface area contributed by atoms with Gasteiger partial charge in [-0.25, -0.2) is 9.97 Å². The third-order valence-electron chi connectivity index (χ3n) is 3.57. The molecule has 22 N–H and O–H groups in total. The lowest BCUT2D eigenvalue weighted by molar-refractivity contribution is -0.374. The Morgan fingerprint density at radius 2 is 0.905 bits per heavy atom. The maximum Gasteiger partial charge on any atom is 0.387 e. The number of hydrogen-bond donors (Lipinski definition) is 6. The van der Waals surface area contributed by atoms with E-state index in [9.17, 15) is 19.8 Å². The molecule has 240 valence electrons. The Balaban J connectivity index is -0.0000000982. The zero-order valence-corrected chi connectivity index (χ0v) is 24.4. The summed E-state index contributed by atoms with van der Waals surface area (Å²) in [6.45, 7) is 7.73. The summed E-state index contributed by atoms with van der Waals surface area (Å²) in [5.74, 6) is 0.0208. The number of aromatic nitrogens is 8. The topological polar surface area (TPSA) is 439 Å². The number of aryl methyl sites for hydroxylation is 4. The van der Waals surface area contributed by atoms with E-state index in [0.29, 0.717) is 11.9 Å². The first-order valence-corrected chi connectivity index (χ1v) is 10.8. The summed E-state index contributed by atoms with van der Waals surface area (Å²) in [5.41, 5.74) is 13.8. The van der Waals surface area contributed by atoms with Gasteiger partial charge in [0, 0.05) is 24.3 Å². The van der Waals surface area contributed by atoms with Crippen LogP contribution >= 0.6 is 24.4 Å². The molecular weight excluding hydrogens is 604 g/mol. The van der Waals surface area contributed by atoms with E-state index in [1.54, 1.807) is 0 Å². The van der Waals surface area contributed by atoms with E-state index >= 15 is 0 Å². The van der Waals surface area contributed by atoms with Crippen molar-refractivity contribution in [2.45, 2.75) is 27.7 Å². The van der Waals surface area contributed by atoms with Gasteiger partial charge in [-0.15, -0.1) is 0 Å². The number of rotatable bonds is 0. The second-order valence-corrected chi connectivity index (χ2v) is 7.90. The summed E-state index contributed by atoms with van der Waals surface area (Å²) in [4.78, 5) is 43.3. The minimum Gasteiger partial charge on any atom is -0.860 e. The van der Waals surface area contributed by atoms with Crippen molar-refractivity contribution in [3.05, 3.63) is 77.3 Å². The van der Waals surface area contributed by atoms with Crippen molar-refractivity contribution in [2.24, 2.45) is 0 Å². The molecule has 0 amide bonds. The predicted octanol–water partition coefficient (Wildman–Crippen LogP) is -5.75. The van der Waals surface area contributed by atoms with Gasteiger partial charge in [0.15, 0.2) is 9.54 Å². The van der Waals surface area contributed by atoms with Gasteiger partial charge in [-0.2, -0.15) is 0 Å². The fourth-order valence-corrected chi connectivity index (χ4v) is 2.90. The van der Waals surface area contributed by atoms with Gasteiger partial charge in [0.2, 0.25) is 0 Å². The first-order valence-electron chi connectivity index (χ1n) is 10.0. The molecular formula is C20H38N10O10S2. The van der Waals surface area contributed by atoms with Crippen LogP contribution in [0.3, 0.4) is 0 Å². The molecule has 0 atom stereocenters. The number of anilines is 2. The maximum atomic E-state index is 10.4. The Morgan fingerprint density at radius 1 is 0.619 bits per heavy atom. The predicted molar refractivity (Wildman–Crippen MR) is 154 cm³/mol. The van der Waals surface area contributed by atoms with Crippen molar-refractivity contribution >= 4 is 36.3 Å². The van der Waals surface area contributed by atoms with E-state index in [1.165, 1.54) is 0 Å². The van der Waals surface area contributed by atoms with Crippen molar-refractivity contribution in [2.75, 3.05) is 11.5 Å². The number of hydrogen-bond acceptors (Lipinski definition) is 10. The van der Waals surface area contributed by atoms with Crippen molar-refractivity contribution in [1.82, 2.24) is 29.9 Å². The Bertz CT molecular complexity index is 1270. The summed E-state index contributed by atoms with van der Waals surface area (Å²) in [6.07, 6.45) is 0. The molecule has 4 heterocycles. The SMILES string of the molecule is Cc1cc(C)[nH+]c(N)n1.Cc1cc(C)[nH+]c(N)n1.O.O.O.O.O.O.O=c1cc([O-])[nH]c(=S)[nH]1.O=c1cc([O-])[nH]c(=S)[nH]1. The van der Waals surface area contributed by atoms with Gasteiger partial charge in [0.25, 0.3) is 11.1 Å². The summed E-state index contributed by atoms with van der Waals surface area (Å²) in [6, 6.07) is 5.68. The standard InChI is InChI=1S/2C6H9N3.2C4H4N2O2S.6H2O/c2*1-4-3-5(2)9-6(7)8-4;2*7-2-1-3(8)6-4(9)5-2;;;;;;/h2*3H,1-2H3,(H2,7,8,9);2*1H,(H3,5,6,7,8,9);6*1H2. The molecule has 0 aliphatic carbocycles. The van der Waals surface area contributed by atoms with Gasteiger partial charge in [-0.05, 0) is 63.9 Å². The second-order valence-electron chi connectivity index (χ2n) is 7.09. The van der Waals surface area contributed by atoms with Crippen molar-refractivity contribution in [1.29, 1.82) is 0 Å². The summed E-state index contributed by atoms with van der Waals surface area (Å²) in [5, 5.41) is 20.7. The Hall–Kier alpha value is -4.68. The molecule has 42 heavy (non-hydrogen) atoms. The molecule has 0 radical (unpaired) electrons. The molecule has 4 aromatic rings.